The van der Waals surface area contributed by atoms with E-state index < -0.39 is 11.7 Å². The van der Waals surface area contributed by atoms with Crippen LogP contribution in [0, 0.1) is 0 Å². The predicted octanol–water partition coefficient (Wildman–Crippen LogP) is 5.81. The number of aryl methyl sites for hydroxylation is 1. The SMILES string of the molecule is CCCc1cc(-c2nnc(SCc3cccc(C(F)(F)F)c3)n2C)cs1. The standard InChI is InChI=1S/C18H18F3N3S2/c1-3-5-15-9-13(11-25-15)16-22-23-17(24(16)2)26-10-12-6-4-7-14(8-12)18(19,20)21/h4,6-9,11H,3,5,10H2,1-2H3. The van der Waals surface area contributed by atoms with Gasteiger partial charge in [0.1, 0.15) is 0 Å². The molecule has 0 amide bonds. The molecular weight excluding hydrogens is 379 g/mol. The summed E-state index contributed by atoms with van der Waals surface area (Å²) >= 11 is 3.08. The molecule has 0 aliphatic rings. The summed E-state index contributed by atoms with van der Waals surface area (Å²) in [6.45, 7) is 2.14. The van der Waals surface area contributed by atoms with Crippen molar-refractivity contribution in [3.63, 3.8) is 0 Å². The molecule has 2 heterocycles. The maximum absolute atomic E-state index is 12.8. The molecule has 3 aromatic rings. The van der Waals surface area contributed by atoms with Crippen molar-refractivity contribution in [1.82, 2.24) is 14.8 Å². The van der Waals surface area contributed by atoms with Crippen molar-refractivity contribution in [2.24, 2.45) is 7.05 Å². The first kappa shape index (κ1) is 19.0. The van der Waals surface area contributed by atoms with Crippen molar-refractivity contribution in [2.75, 3.05) is 0 Å². The Kier molecular flexibility index (Phi) is 5.72. The summed E-state index contributed by atoms with van der Waals surface area (Å²) in [4.78, 5) is 1.31. The van der Waals surface area contributed by atoms with Gasteiger partial charge < -0.3 is 4.57 Å². The van der Waals surface area contributed by atoms with Crippen LogP contribution in [0.3, 0.4) is 0 Å². The van der Waals surface area contributed by atoms with Crippen LogP contribution in [0.1, 0.15) is 29.3 Å². The van der Waals surface area contributed by atoms with Crippen molar-refractivity contribution in [1.29, 1.82) is 0 Å². The number of rotatable bonds is 6. The van der Waals surface area contributed by atoms with Crippen molar-refractivity contribution in [2.45, 2.75) is 36.9 Å². The molecule has 0 atom stereocenters. The predicted molar refractivity (Wildman–Crippen MR) is 99.3 cm³/mol. The van der Waals surface area contributed by atoms with Gasteiger partial charge in [0.05, 0.1) is 5.56 Å². The lowest BCUT2D eigenvalue weighted by atomic mass is 10.1. The van der Waals surface area contributed by atoms with Gasteiger partial charge in [-0.15, -0.1) is 21.5 Å². The molecule has 1 aromatic carbocycles. The summed E-state index contributed by atoms with van der Waals surface area (Å²) < 4.78 is 40.3. The van der Waals surface area contributed by atoms with E-state index in [1.54, 1.807) is 17.4 Å². The second-order valence-electron chi connectivity index (χ2n) is 5.90. The third kappa shape index (κ3) is 4.29. The number of halogens is 3. The van der Waals surface area contributed by atoms with Crippen molar-refractivity contribution in [3.8, 4) is 11.4 Å². The number of nitrogens with zero attached hydrogens (tertiary/aromatic N) is 3. The van der Waals surface area contributed by atoms with Gasteiger partial charge in [0.15, 0.2) is 11.0 Å². The average molecular weight is 397 g/mol. The minimum Gasteiger partial charge on any atom is -0.305 e. The number of benzene rings is 1. The van der Waals surface area contributed by atoms with E-state index in [0.717, 1.165) is 30.3 Å². The summed E-state index contributed by atoms with van der Waals surface area (Å²) in [6, 6.07) is 7.51. The normalized spacial score (nSPS) is 11.9. The summed E-state index contributed by atoms with van der Waals surface area (Å²) in [7, 11) is 1.88. The van der Waals surface area contributed by atoms with Gasteiger partial charge in [-0.05, 0) is 24.1 Å². The van der Waals surface area contributed by atoms with E-state index in [1.807, 2.05) is 11.6 Å². The van der Waals surface area contributed by atoms with E-state index in [1.165, 1.54) is 28.8 Å². The second kappa shape index (κ2) is 7.84. The van der Waals surface area contributed by atoms with E-state index in [4.69, 9.17) is 0 Å². The summed E-state index contributed by atoms with van der Waals surface area (Å²) in [5.74, 6) is 1.18. The molecule has 3 rings (SSSR count). The molecule has 0 radical (unpaired) electrons. The molecule has 0 saturated carbocycles. The van der Waals surface area contributed by atoms with Crippen molar-refractivity contribution < 1.29 is 13.2 Å². The van der Waals surface area contributed by atoms with Crippen molar-refractivity contribution in [3.05, 3.63) is 51.7 Å². The lowest BCUT2D eigenvalue weighted by molar-refractivity contribution is -0.137. The Bertz CT molecular complexity index is 884. The highest BCUT2D eigenvalue weighted by molar-refractivity contribution is 7.98. The van der Waals surface area contributed by atoms with Gasteiger partial charge in [0, 0.05) is 28.6 Å². The van der Waals surface area contributed by atoms with Crippen LogP contribution in [0.2, 0.25) is 0 Å². The minimum atomic E-state index is -4.33. The third-order valence-corrected chi connectivity index (χ3v) is 5.95. The second-order valence-corrected chi connectivity index (χ2v) is 7.84. The largest absolute Gasteiger partial charge is 0.416 e. The zero-order chi connectivity index (χ0) is 18.7. The monoisotopic (exact) mass is 397 g/mol. The van der Waals surface area contributed by atoms with Gasteiger partial charge in [0.2, 0.25) is 0 Å². The topological polar surface area (TPSA) is 30.7 Å². The van der Waals surface area contributed by atoms with Gasteiger partial charge in [-0.3, -0.25) is 0 Å². The molecule has 138 valence electrons. The van der Waals surface area contributed by atoms with E-state index in [2.05, 4.69) is 28.6 Å². The molecule has 0 unspecified atom stereocenters. The Morgan fingerprint density at radius 1 is 1.19 bits per heavy atom. The van der Waals surface area contributed by atoms with Gasteiger partial charge in [-0.2, -0.15) is 13.2 Å². The fourth-order valence-corrected chi connectivity index (χ4v) is 4.38. The third-order valence-electron chi connectivity index (χ3n) is 3.87. The van der Waals surface area contributed by atoms with Crippen LogP contribution >= 0.6 is 23.1 Å². The molecule has 0 fully saturated rings. The van der Waals surface area contributed by atoms with Gasteiger partial charge in [0.25, 0.3) is 0 Å². The van der Waals surface area contributed by atoms with Crippen LogP contribution in [0.15, 0.2) is 40.9 Å². The maximum Gasteiger partial charge on any atom is 0.416 e. The molecule has 2 aromatic heterocycles. The molecule has 0 spiro atoms. The van der Waals surface area contributed by atoms with E-state index in [0.29, 0.717) is 16.5 Å². The highest BCUT2D eigenvalue weighted by Crippen LogP contribution is 2.32. The summed E-state index contributed by atoms with van der Waals surface area (Å²) in [5, 5.41) is 11.2. The van der Waals surface area contributed by atoms with E-state index >= 15 is 0 Å². The van der Waals surface area contributed by atoms with Crippen LogP contribution in [-0.4, -0.2) is 14.8 Å². The van der Waals surface area contributed by atoms with E-state index in [9.17, 15) is 13.2 Å². The maximum atomic E-state index is 12.8. The highest BCUT2D eigenvalue weighted by atomic mass is 32.2. The molecule has 8 heteroatoms. The molecular formula is C18H18F3N3S2. The number of alkyl halides is 3. The smallest absolute Gasteiger partial charge is 0.305 e. The summed E-state index contributed by atoms with van der Waals surface area (Å²) in [5.41, 5.74) is 1.01. The highest BCUT2D eigenvalue weighted by Gasteiger charge is 2.30. The number of hydrogen-bond acceptors (Lipinski definition) is 4. The molecule has 0 bridgehead atoms. The van der Waals surface area contributed by atoms with Crippen LogP contribution < -0.4 is 0 Å². The van der Waals surface area contributed by atoms with Gasteiger partial charge in [-0.1, -0.05) is 43.3 Å². The van der Waals surface area contributed by atoms with Crippen molar-refractivity contribution >= 4 is 23.1 Å². The van der Waals surface area contributed by atoms with Crippen LogP contribution in [0.5, 0.6) is 0 Å². The quantitative estimate of drug-likeness (QED) is 0.492. The number of thiophene rings is 1. The fraction of sp³-hybridized carbons (Fsp3) is 0.333. The van der Waals surface area contributed by atoms with Gasteiger partial charge in [-0.25, -0.2) is 0 Å². The van der Waals surface area contributed by atoms with Crippen LogP contribution in [-0.2, 0) is 25.4 Å². The first-order chi connectivity index (χ1) is 12.4. The summed E-state index contributed by atoms with van der Waals surface area (Å²) in [6.07, 6.45) is -2.19. The lowest BCUT2D eigenvalue weighted by Gasteiger charge is -2.08. The Morgan fingerprint density at radius 3 is 2.73 bits per heavy atom. The van der Waals surface area contributed by atoms with Crippen LogP contribution in [0.25, 0.3) is 11.4 Å². The Labute approximate surface area is 158 Å². The molecule has 3 nitrogen and oxygen atoms in total. The molecule has 26 heavy (non-hydrogen) atoms. The molecule has 0 aliphatic heterocycles. The minimum absolute atomic E-state index is 0.403. The molecule has 0 saturated heterocycles. The average Bonchev–Trinajstić information content (AvgIpc) is 3.19. The lowest BCUT2D eigenvalue weighted by Crippen LogP contribution is -2.05. The van der Waals surface area contributed by atoms with Gasteiger partial charge >= 0.3 is 6.18 Å². The zero-order valence-corrected chi connectivity index (χ0v) is 16.0. The first-order valence-corrected chi connectivity index (χ1v) is 10.0. The Hall–Kier alpha value is -1.80. The molecule has 0 N–H and O–H groups in total. The zero-order valence-electron chi connectivity index (χ0n) is 14.4. The molecule has 0 aliphatic carbocycles. The Morgan fingerprint density at radius 2 is 2.00 bits per heavy atom. The number of thioether (sulfide) groups is 1. The fourth-order valence-electron chi connectivity index (χ4n) is 2.55. The number of hydrogen-bond donors (Lipinski definition) is 0. The first-order valence-electron chi connectivity index (χ1n) is 8.14. The number of aromatic nitrogens is 3. The van der Waals surface area contributed by atoms with E-state index in [-0.39, 0.29) is 0 Å². The van der Waals surface area contributed by atoms with Crippen LogP contribution in [0.4, 0.5) is 13.2 Å². The Balaban J connectivity index is 1.73.